The molecule has 3 rings (SSSR count). The summed E-state index contributed by atoms with van der Waals surface area (Å²) in [6.45, 7) is 3.85. The molecule has 1 aromatic heterocycles. The van der Waals surface area contributed by atoms with Crippen molar-refractivity contribution >= 4 is 21.7 Å². The van der Waals surface area contributed by atoms with Gasteiger partial charge in [-0.3, -0.25) is 0 Å². The molecule has 1 saturated heterocycles. The first kappa shape index (κ1) is 20.9. The van der Waals surface area contributed by atoms with Crippen molar-refractivity contribution in [1.29, 1.82) is 5.26 Å². The van der Waals surface area contributed by atoms with Crippen LogP contribution in [0, 0.1) is 11.3 Å². The Hall–Kier alpha value is -2.83. The summed E-state index contributed by atoms with van der Waals surface area (Å²) < 4.78 is 34.1. The number of hydrogen-bond donors (Lipinski definition) is 1. The smallest absolute Gasteiger partial charge is 0.357 e. The number of ether oxygens (including phenoxy) is 1. The van der Waals surface area contributed by atoms with E-state index in [1.807, 2.05) is 19.9 Å². The first-order valence-electron chi connectivity index (χ1n) is 9.35. The van der Waals surface area contributed by atoms with Gasteiger partial charge in [-0.1, -0.05) is 6.42 Å². The number of nitrogen functional groups attached to an aromatic ring is 1. The van der Waals surface area contributed by atoms with Crippen LogP contribution in [-0.4, -0.2) is 42.5 Å². The van der Waals surface area contributed by atoms with E-state index in [0.717, 1.165) is 19.3 Å². The van der Waals surface area contributed by atoms with E-state index in [1.165, 1.54) is 30.0 Å². The number of carbonyl (C=O) groups is 1. The molecule has 0 bridgehead atoms. The molecule has 154 valence electrons. The lowest BCUT2D eigenvalue weighted by Crippen LogP contribution is -2.47. The van der Waals surface area contributed by atoms with Crippen molar-refractivity contribution in [2.45, 2.75) is 50.1 Å². The van der Waals surface area contributed by atoms with Gasteiger partial charge in [0.2, 0.25) is 10.0 Å². The number of esters is 1. The molecule has 2 heterocycles. The van der Waals surface area contributed by atoms with E-state index in [-0.39, 0.29) is 33.9 Å². The first-order valence-corrected chi connectivity index (χ1v) is 10.8. The molecule has 2 N–H and O–H groups in total. The van der Waals surface area contributed by atoms with Gasteiger partial charge in [0.05, 0.1) is 23.3 Å². The van der Waals surface area contributed by atoms with Gasteiger partial charge in [0.1, 0.15) is 6.07 Å². The Kier molecular flexibility index (Phi) is 5.68. The molecule has 0 aliphatic carbocycles. The zero-order valence-electron chi connectivity index (χ0n) is 16.6. The number of benzene rings is 1. The van der Waals surface area contributed by atoms with Gasteiger partial charge in [0.25, 0.3) is 0 Å². The number of nitrogens with zero attached hydrogens (tertiary/aromatic N) is 3. The predicted octanol–water partition coefficient (Wildman–Crippen LogP) is 2.67. The highest BCUT2D eigenvalue weighted by Gasteiger charge is 2.35. The molecular weight excluding hydrogens is 392 g/mol. The third-order valence-corrected chi connectivity index (χ3v) is 7.49. The SMILES string of the molecule is COC(=O)c1c(N)c(C#N)cn1-c1ccc(S(=O)(=O)N2C(C)CCCC2C)cc1. The van der Waals surface area contributed by atoms with Gasteiger partial charge in [-0.25, -0.2) is 13.2 Å². The molecule has 2 unspecified atom stereocenters. The van der Waals surface area contributed by atoms with E-state index in [2.05, 4.69) is 0 Å². The Bertz CT molecular complexity index is 1060. The third-order valence-electron chi connectivity index (χ3n) is 5.35. The summed E-state index contributed by atoms with van der Waals surface area (Å²) in [5, 5.41) is 9.22. The number of nitrogens with two attached hydrogens (primary N) is 1. The third kappa shape index (κ3) is 3.61. The summed E-state index contributed by atoms with van der Waals surface area (Å²) in [5.41, 5.74) is 6.59. The summed E-state index contributed by atoms with van der Waals surface area (Å²) in [6.07, 6.45) is 4.12. The van der Waals surface area contributed by atoms with Crippen LogP contribution in [0.1, 0.15) is 49.2 Å². The Balaban J connectivity index is 2.02. The molecule has 9 heteroatoms. The lowest BCUT2D eigenvalue weighted by Gasteiger charge is -2.37. The van der Waals surface area contributed by atoms with Gasteiger partial charge in [0, 0.05) is 24.0 Å². The highest BCUT2D eigenvalue weighted by Crippen LogP contribution is 2.30. The largest absolute Gasteiger partial charge is 0.464 e. The lowest BCUT2D eigenvalue weighted by molar-refractivity contribution is 0.0593. The molecule has 2 atom stereocenters. The van der Waals surface area contributed by atoms with Gasteiger partial charge < -0.3 is 15.0 Å². The summed E-state index contributed by atoms with van der Waals surface area (Å²) in [7, 11) is -2.42. The molecule has 1 aromatic carbocycles. The Morgan fingerprint density at radius 1 is 1.21 bits per heavy atom. The van der Waals surface area contributed by atoms with Crippen LogP contribution in [-0.2, 0) is 14.8 Å². The molecule has 1 aliphatic rings. The molecule has 29 heavy (non-hydrogen) atoms. The fourth-order valence-corrected chi connectivity index (χ4v) is 5.77. The average Bonchev–Trinajstić information content (AvgIpc) is 3.03. The predicted molar refractivity (Wildman–Crippen MR) is 108 cm³/mol. The fraction of sp³-hybridized carbons (Fsp3) is 0.400. The van der Waals surface area contributed by atoms with Crippen molar-refractivity contribution in [3.8, 4) is 11.8 Å². The molecule has 0 amide bonds. The van der Waals surface area contributed by atoms with Crippen LogP contribution in [0.2, 0.25) is 0 Å². The highest BCUT2D eigenvalue weighted by atomic mass is 32.2. The summed E-state index contributed by atoms with van der Waals surface area (Å²) in [5.74, 6) is -0.684. The summed E-state index contributed by atoms with van der Waals surface area (Å²) in [6, 6.07) is 7.99. The van der Waals surface area contributed by atoms with Crippen molar-refractivity contribution in [3.63, 3.8) is 0 Å². The Morgan fingerprint density at radius 2 is 1.79 bits per heavy atom. The number of rotatable bonds is 4. The average molecular weight is 417 g/mol. The van der Waals surface area contributed by atoms with E-state index < -0.39 is 16.0 Å². The van der Waals surface area contributed by atoms with E-state index in [9.17, 15) is 18.5 Å². The number of hydrogen-bond acceptors (Lipinski definition) is 6. The van der Waals surface area contributed by atoms with Crippen LogP contribution >= 0.6 is 0 Å². The van der Waals surface area contributed by atoms with Crippen LogP contribution in [0.3, 0.4) is 0 Å². The van der Waals surface area contributed by atoms with Crippen molar-refractivity contribution in [2.24, 2.45) is 0 Å². The number of sulfonamides is 1. The second kappa shape index (κ2) is 7.89. The molecule has 0 radical (unpaired) electrons. The van der Waals surface area contributed by atoms with Crippen LogP contribution in [0.15, 0.2) is 35.4 Å². The van der Waals surface area contributed by atoms with E-state index in [1.54, 1.807) is 16.4 Å². The molecule has 0 saturated carbocycles. The molecule has 0 spiro atoms. The Labute approximate surface area is 170 Å². The van der Waals surface area contributed by atoms with Gasteiger partial charge in [-0.15, -0.1) is 0 Å². The second-order valence-corrected chi connectivity index (χ2v) is 9.08. The number of anilines is 1. The van der Waals surface area contributed by atoms with Gasteiger partial charge >= 0.3 is 5.97 Å². The summed E-state index contributed by atoms with van der Waals surface area (Å²) in [4.78, 5) is 12.3. The molecule has 1 aliphatic heterocycles. The number of carbonyl (C=O) groups excluding carboxylic acids is 1. The van der Waals surface area contributed by atoms with Crippen molar-refractivity contribution in [3.05, 3.63) is 41.7 Å². The molecular formula is C20H24N4O4S. The zero-order chi connectivity index (χ0) is 21.3. The van der Waals surface area contributed by atoms with Gasteiger partial charge in [-0.05, 0) is 51.0 Å². The number of piperidine rings is 1. The number of nitriles is 1. The summed E-state index contributed by atoms with van der Waals surface area (Å²) >= 11 is 0. The monoisotopic (exact) mass is 416 g/mol. The van der Waals surface area contributed by atoms with E-state index in [0.29, 0.717) is 5.69 Å². The zero-order valence-corrected chi connectivity index (χ0v) is 17.4. The van der Waals surface area contributed by atoms with Crippen LogP contribution < -0.4 is 5.73 Å². The minimum Gasteiger partial charge on any atom is -0.464 e. The van der Waals surface area contributed by atoms with E-state index >= 15 is 0 Å². The minimum atomic E-state index is -3.64. The fourth-order valence-electron chi connectivity index (χ4n) is 3.89. The van der Waals surface area contributed by atoms with Crippen LogP contribution in [0.4, 0.5) is 5.69 Å². The quantitative estimate of drug-likeness (QED) is 0.766. The molecule has 8 nitrogen and oxygen atoms in total. The topological polar surface area (TPSA) is 118 Å². The standard InChI is InChI=1S/C20H24N4O4S/c1-13-5-4-6-14(2)24(13)29(26,27)17-9-7-16(8-10-17)23-12-15(11-21)18(22)19(23)20(25)28-3/h7-10,12-14H,4-6,22H2,1-3H3. The van der Waals surface area contributed by atoms with Crippen molar-refractivity contribution in [2.75, 3.05) is 12.8 Å². The second-order valence-electron chi connectivity index (χ2n) is 7.24. The van der Waals surface area contributed by atoms with Crippen LogP contribution in [0.5, 0.6) is 0 Å². The minimum absolute atomic E-state index is 0.0204. The van der Waals surface area contributed by atoms with Gasteiger partial charge in [-0.2, -0.15) is 9.57 Å². The number of aromatic nitrogens is 1. The van der Waals surface area contributed by atoms with Crippen molar-refractivity contribution in [1.82, 2.24) is 8.87 Å². The maximum atomic E-state index is 13.2. The van der Waals surface area contributed by atoms with Gasteiger partial charge in [0.15, 0.2) is 5.69 Å². The lowest BCUT2D eigenvalue weighted by atomic mass is 10.0. The normalized spacial score (nSPS) is 20.2. The maximum absolute atomic E-state index is 13.2. The first-order chi connectivity index (χ1) is 13.7. The highest BCUT2D eigenvalue weighted by molar-refractivity contribution is 7.89. The Morgan fingerprint density at radius 3 is 2.31 bits per heavy atom. The maximum Gasteiger partial charge on any atom is 0.357 e. The molecule has 2 aromatic rings. The molecule has 1 fully saturated rings. The van der Waals surface area contributed by atoms with E-state index in [4.69, 9.17) is 10.5 Å². The van der Waals surface area contributed by atoms with Crippen molar-refractivity contribution < 1.29 is 17.9 Å². The van der Waals surface area contributed by atoms with Crippen LogP contribution in [0.25, 0.3) is 5.69 Å². The number of methoxy groups -OCH3 is 1.